The Labute approximate surface area is 110 Å². The summed E-state index contributed by atoms with van der Waals surface area (Å²) in [6.45, 7) is 7.18. The summed E-state index contributed by atoms with van der Waals surface area (Å²) in [5.41, 5.74) is 0. The third-order valence-corrected chi connectivity index (χ3v) is 5.25. The first-order valence-electron chi connectivity index (χ1n) is 6.07. The Morgan fingerprint density at radius 1 is 1.41 bits per heavy atom. The number of hydrogen-bond donors (Lipinski definition) is 1. The number of nitrogens with one attached hydrogen (secondary N) is 1. The van der Waals surface area contributed by atoms with Crippen LogP contribution in [0.4, 0.5) is 0 Å². The molecular formula is C12H20N2OS2. The van der Waals surface area contributed by atoms with Gasteiger partial charge in [0.15, 0.2) is 0 Å². The van der Waals surface area contributed by atoms with Crippen LogP contribution in [0.15, 0.2) is 12.1 Å². The second-order valence-electron chi connectivity index (χ2n) is 4.38. The molecule has 2 heterocycles. The lowest BCUT2D eigenvalue weighted by atomic mass is 10.4. The summed E-state index contributed by atoms with van der Waals surface area (Å²) < 4.78 is 11.2. The average Bonchev–Trinajstić information content (AvgIpc) is 2.73. The maximum atomic E-state index is 11.2. The van der Waals surface area contributed by atoms with Crippen molar-refractivity contribution >= 4 is 22.1 Å². The van der Waals surface area contributed by atoms with E-state index in [0.717, 1.165) is 44.2 Å². The maximum absolute atomic E-state index is 11.2. The fraction of sp³-hybridized carbons (Fsp3) is 0.667. The highest BCUT2D eigenvalue weighted by Gasteiger charge is 2.13. The van der Waals surface area contributed by atoms with Crippen molar-refractivity contribution in [2.24, 2.45) is 0 Å². The Balaban J connectivity index is 1.58. The molecular weight excluding hydrogens is 252 g/mol. The van der Waals surface area contributed by atoms with Crippen molar-refractivity contribution < 1.29 is 4.21 Å². The molecule has 1 N–H and O–H groups in total. The monoisotopic (exact) mass is 272 g/mol. The van der Waals surface area contributed by atoms with Crippen molar-refractivity contribution in [1.29, 1.82) is 0 Å². The van der Waals surface area contributed by atoms with Crippen LogP contribution in [-0.2, 0) is 17.3 Å². The molecule has 1 aromatic heterocycles. The van der Waals surface area contributed by atoms with E-state index in [1.54, 1.807) is 0 Å². The highest BCUT2D eigenvalue weighted by atomic mass is 32.2. The number of thiophene rings is 1. The molecule has 5 heteroatoms. The van der Waals surface area contributed by atoms with Gasteiger partial charge in [0.25, 0.3) is 0 Å². The zero-order valence-corrected chi connectivity index (χ0v) is 11.9. The minimum absolute atomic E-state index is 0.556. The summed E-state index contributed by atoms with van der Waals surface area (Å²) in [6, 6.07) is 4.36. The van der Waals surface area contributed by atoms with Crippen LogP contribution < -0.4 is 5.32 Å². The van der Waals surface area contributed by atoms with E-state index < -0.39 is 10.8 Å². The van der Waals surface area contributed by atoms with Crippen LogP contribution in [0.5, 0.6) is 0 Å². The summed E-state index contributed by atoms with van der Waals surface area (Å²) in [6.07, 6.45) is 0. The van der Waals surface area contributed by atoms with Gasteiger partial charge in [-0.25, -0.2) is 0 Å². The van der Waals surface area contributed by atoms with E-state index in [0.29, 0.717) is 0 Å². The Kier molecular flexibility index (Phi) is 5.16. The molecule has 0 aliphatic carbocycles. The molecule has 0 amide bonds. The quantitative estimate of drug-likeness (QED) is 0.818. The van der Waals surface area contributed by atoms with Gasteiger partial charge in [0.05, 0.1) is 0 Å². The molecule has 1 aromatic rings. The first kappa shape index (κ1) is 13.2. The molecule has 0 radical (unpaired) electrons. The predicted octanol–water partition coefficient (Wildman–Crippen LogP) is 1.21. The van der Waals surface area contributed by atoms with Crippen LogP contribution in [0.1, 0.15) is 9.75 Å². The highest BCUT2D eigenvalue weighted by molar-refractivity contribution is 7.85. The molecule has 0 spiro atoms. The van der Waals surface area contributed by atoms with E-state index >= 15 is 0 Å². The number of nitrogens with zero attached hydrogens (tertiary/aromatic N) is 1. The van der Waals surface area contributed by atoms with Gasteiger partial charge >= 0.3 is 0 Å². The summed E-state index contributed by atoms with van der Waals surface area (Å²) in [5.74, 6) is 1.70. The Hall–Kier alpha value is -0.230. The van der Waals surface area contributed by atoms with Crippen molar-refractivity contribution in [2.45, 2.75) is 13.5 Å². The zero-order chi connectivity index (χ0) is 12.1. The molecule has 3 nitrogen and oxygen atoms in total. The van der Waals surface area contributed by atoms with Crippen LogP contribution in [0.25, 0.3) is 0 Å². The molecule has 0 unspecified atom stereocenters. The predicted molar refractivity (Wildman–Crippen MR) is 75.1 cm³/mol. The molecule has 1 saturated heterocycles. The molecule has 2 rings (SSSR count). The van der Waals surface area contributed by atoms with Gasteiger partial charge in [0.2, 0.25) is 0 Å². The van der Waals surface area contributed by atoms with E-state index in [4.69, 9.17) is 0 Å². The van der Waals surface area contributed by atoms with Crippen LogP contribution in [0.2, 0.25) is 0 Å². The average molecular weight is 272 g/mol. The lowest BCUT2D eigenvalue weighted by Gasteiger charge is -2.25. The van der Waals surface area contributed by atoms with E-state index in [9.17, 15) is 4.21 Å². The van der Waals surface area contributed by atoms with E-state index in [1.165, 1.54) is 9.75 Å². The molecule has 96 valence electrons. The smallest absolute Gasteiger partial charge is 0.0363 e. The number of aryl methyl sites for hydroxylation is 1. The topological polar surface area (TPSA) is 32.3 Å². The van der Waals surface area contributed by atoms with Crippen LogP contribution in [0.3, 0.4) is 0 Å². The third-order valence-electron chi connectivity index (χ3n) is 2.97. The molecule has 0 aromatic carbocycles. The SMILES string of the molecule is Cc1ccc(CNCCN2CCS(=O)CC2)s1. The number of hydrogen-bond acceptors (Lipinski definition) is 4. The van der Waals surface area contributed by atoms with Crippen molar-refractivity contribution in [3.8, 4) is 0 Å². The fourth-order valence-corrected chi connectivity index (χ4v) is 3.92. The van der Waals surface area contributed by atoms with Crippen molar-refractivity contribution in [2.75, 3.05) is 37.7 Å². The molecule has 0 bridgehead atoms. The molecule has 17 heavy (non-hydrogen) atoms. The Morgan fingerprint density at radius 3 is 2.82 bits per heavy atom. The van der Waals surface area contributed by atoms with Crippen molar-refractivity contribution in [1.82, 2.24) is 10.2 Å². The Bertz CT molecular complexity index is 368. The number of rotatable bonds is 5. The standard InChI is InChI=1S/C12H20N2OS2/c1-11-2-3-12(16-11)10-13-4-5-14-6-8-17(15)9-7-14/h2-3,13H,4-10H2,1H3. The van der Waals surface area contributed by atoms with Gasteiger partial charge in [0, 0.05) is 64.8 Å². The first-order chi connectivity index (χ1) is 8.24. The minimum atomic E-state index is -0.556. The van der Waals surface area contributed by atoms with Crippen LogP contribution in [0, 0.1) is 6.92 Å². The fourth-order valence-electron chi connectivity index (χ4n) is 1.93. The molecule has 1 fully saturated rings. The van der Waals surface area contributed by atoms with Gasteiger partial charge in [-0.2, -0.15) is 0 Å². The van der Waals surface area contributed by atoms with Crippen molar-refractivity contribution in [3.05, 3.63) is 21.9 Å². The largest absolute Gasteiger partial charge is 0.311 e. The van der Waals surface area contributed by atoms with Gasteiger partial charge in [-0.05, 0) is 19.1 Å². The van der Waals surface area contributed by atoms with E-state index in [2.05, 4.69) is 29.3 Å². The maximum Gasteiger partial charge on any atom is 0.0363 e. The summed E-state index contributed by atoms with van der Waals surface area (Å²) >= 11 is 1.86. The lowest BCUT2D eigenvalue weighted by Crippen LogP contribution is -2.41. The van der Waals surface area contributed by atoms with Crippen molar-refractivity contribution in [3.63, 3.8) is 0 Å². The van der Waals surface area contributed by atoms with Gasteiger partial charge in [-0.15, -0.1) is 11.3 Å². The molecule has 1 aliphatic rings. The van der Waals surface area contributed by atoms with Gasteiger partial charge in [-0.1, -0.05) is 0 Å². The minimum Gasteiger partial charge on any atom is -0.311 e. The third kappa shape index (κ3) is 4.50. The van der Waals surface area contributed by atoms with E-state index in [-0.39, 0.29) is 0 Å². The zero-order valence-electron chi connectivity index (χ0n) is 10.3. The second-order valence-corrected chi connectivity index (χ2v) is 7.45. The lowest BCUT2D eigenvalue weighted by molar-refractivity contribution is 0.298. The first-order valence-corrected chi connectivity index (χ1v) is 8.38. The van der Waals surface area contributed by atoms with Gasteiger partial charge < -0.3 is 10.2 Å². The molecule has 1 aliphatic heterocycles. The normalized spacial score (nSPS) is 18.6. The molecule has 0 saturated carbocycles. The highest BCUT2D eigenvalue weighted by Crippen LogP contribution is 2.14. The summed E-state index contributed by atoms with van der Waals surface area (Å²) in [4.78, 5) is 5.18. The molecule has 0 atom stereocenters. The van der Waals surface area contributed by atoms with Crippen LogP contribution in [-0.4, -0.2) is 46.8 Å². The Morgan fingerprint density at radius 2 is 2.18 bits per heavy atom. The van der Waals surface area contributed by atoms with Gasteiger partial charge in [-0.3, -0.25) is 4.21 Å². The van der Waals surface area contributed by atoms with Crippen LogP contribution >= 0.6 is 11.3 Å². The van der Waals surface area contributed by atoms with Gasteiger partial charge in [0.1, 0.15) is 0 Å². The summed E-state index contributed by atoms with van der Waals surface area (Å²) in [7, 11) is -0.556. The second kappa shape index (κ2) is 6.64. The van der Waals surface area contributed by atoms with E-state index in [1.807, 2.05) is 11.3 Å². The summed E-state index contributed by atoms with van der Waals surface area (Å²) in [5, 5.41) is 3.47.